The molecule has 4 nitrogen and oxygen atoms in total. The Labute approximate surface area is 98.1 Å². The Hall–Kier alpha value is -0.610. The van der Waals surface area contributed by atoms with Crippen LogP contribution in [-0.2, 0) is 4.79 Å². The number of amides is 1. The third-order valence-corrected chi connectivity index (χ3v) is 3.24. The van der Waals surface area contributed by atoms with Crippen molar-refractivity contribution in [2.45, 2.75) is 63.5 Å². The van der Waals surface area contributed by atoms with E-state index in [1.54, 1.807) is 0 Å². The van der Waals surface area contributed by atoms with Gasteiger partial charge in [0, 0.05) is 18.5 Å². The second-order valence-electron chi connectivity index (χ2n) is 4.78. The third kappa shape index (κ3) is 5.47. The van der Waals surface area contributed by atoms with E-state index in [9.17, 15) is 4.79 Å². The van der Waals surface area contributed by atoms with Gasteiger partial charge in [-0.2, -0.15) is 0 Å². The number of nitrogens with one attached hydrogen (secondary N) is 1. The summed E-state index contributed by atoms with van der Waals surface area (Å²) >= 11 is 0. The first kappa shape index (κ1) is 13.5. The smallest absolute Gasteiger partial charge is 0.220 e. The zero-order valence-corrected chi connectivity index (χ0v) is 10.1. The van der Waals surface area contributed by atoms with Crippen molar-refractivity contribution in [3.05, 3.63) is 0 Å². The van der Waals surface area contributed by atoms with E-state index in [1.807, 2.05) is 0 Å². The minimum absolute atomic E-state index is 0.192. The molecule has 0 aromatic carbocycles. The quantitative estimate of drug-likeness (QED) is 0.589. The van der Waals surface area contributed by atoms with Crippen molar-refractivity contribution in [1.82, 2.24) is 5.32 Å². The first-order chi connectivity index (χ1) is 7.72. The van der Waals surface area contributed by atoms with E-state index in [-0.39, 0.29) is 5.91 Å². The molecule has 0 atom stereocenters. The minimum Gasteiger partial charge on any atom is -0.353 e. The Morgan fingerprint density at radius 2 is 1.81 bits per heavy atom. The number of nitrogens with two attached hydrogens (primary N) is 2. The Morgan fingerprint density at radius 1 is 1.12 bits per heavy atom. The summed E-state index contributed by atoms with van der Waals surface area (Å²) in [5.41, 5.74) is 11.2. The molecule has 4 heteroatoms. The summed E-state index contributed by atoms with van der Waals surface area (Å²) in [4.78, 5) is 11.6. The van der Waals surface area contributed by atoms with Gasteiger partial charge in [0.1, 0.15) is 0 Å². The molecular formula is C12H25N3O. The maximum absolute atomic E-state index is 11.6. The topological polar surface area (TPSA) is 81.1 Å². The van der Waals surface area contributed by atoms with Gasteiger partial charge in [0.05, 0.1) is 0 Å². The van der Waals surface area contributed by atoms with Crippen molar-refractivity contribution in [1.29, 1.82) is 0 Å². The van der Waals surface area contributed by atoms with Crippen LogP contribution >= 0.6 is 0 Å². The highest BCUT2D eigenvalue weighted by atomic mass is 16.1. The van der Waals surface area contributed by atoms with Crippen LogP contribution in [0.2, 0.25) is 0 Å². The number of hydrogen-bond donors (Lipinski definition) is 3. The molecule has 5 N–H and O–H groups in total. The monoisotopic (exact) mass is 227 g/mol. The molecule has 1 aliphatic carbocycles. The molecule has 0 spiro atoms. The fraction of sp³-hybridized carbons (Fsp3) is 0.917. The van der Waals surface area contributed by atoms with Crippen LogP contribution in [0, 0.1) is 0 Å². The van der Waals surface area contributed by atoms with Gasteiger partial charge in [0.25, 0.3) is 0 Å². The van der Waals surface area contributed by atoms with Gasteiger partial charge >= 0.3 is 0 Å². The number of carbonyl (C=O) groups is 1. The largest absolute Gasteiger partial charge is 0.353 e. The van der Waals surface area contributed by atoms with Gasteiger partial charge in [-0.05, 0) is 45.1 Å². The minimum atomic E-state index is 0.192. The van der Waals surface area contributed by atoms with Crippen molar-refractivity contribution >= 4 is 5.91 Å². The fourth-order valence-corrected chi connectivity index (χ4v) is 2.17. The van der Waals surface area contributed by atoms with Crippen LogP contribution < -0.4 is 16.8 Å². The van der Waals surface area contributed by atoms with Crippen molar-refractivity contribution in [2.24, 2.45) is 11.5 Å². The van der Waals surface area contributed by atoms with Gasteiger partial charge in [-0.15, -0.1) is 0 Å². The van der Waals surface area contributed by atoms with Crippen LogP contribution in [0.3, 0.4) is 0 Å². The number of unbranched alkanes of at least 4 members (excludes halogenated alkanes) is 2. The normalized spacial score (nSPS) is 25.4. The molecule has 0 heterocycles. The number of carbonyl (C=O) groups excluding carboxylic acids is 1. The summed E-state index contributed by atoms with van der Waals surface area (Å²) in [5.74, 6) is 0.192. The summed E-state index contributed by atoms with van der Waals surface area (Å²) in [6, 6.07) is 0.708. The van der Waals surface area contributed by atoms with Crippen LogP contribution in [-0.4, -0.2) is 24.5 Å². The number of hydrogen-bond acceptors (Lipinski definition) is 3. The molecule has 1 saturated carbocycles. The van der Waals surface area contributed by atoms with E-state index in [2.05, 4.69) is 5.32 Å². The molecule has 1 aliphatic rings. The maximum Gasteiger partial charge on any atom is 0.220 e. The molecule has 0 aromatic rings. The predicted molar refractivity (Wildman–Crippen MR) is 65.9 cm³/mol. The van der Waals surface area contributed by atoms with Crippen molar-refractivity contribution in [3.63, 3.8) is 0 Å². The SMILES string of the molecule is NCCCCCC(=O)NC1CCC(N)CC1. The molecule has 0 unspecified atom stereocenters. The lowest BCUT2D eigenvalue weighted by Crippen LogP contribution is -2.40. The molecule has 0 aromatic heterocycles. The van der Waals surface area contributed by atoms with Crippen molar-refractivity contribution in [3.8, 4) is 0 Å². The van der Waals surface area contributed by atoms with Crippen LogP contribution in [0.5, 0.6) is 0 Å². The highest BCUT2D eigenvalue weighted by Gasteiger charge is 2.19. The zero-order valence-electron chi connectivity index (χ0n) is 10.1. The summed E-state index contributed by atoms with van der Waals surface area (Å²) in [5, 5.41) is 3.09. The molecule has 1 fully saturated rings. The fourth-order valence-electron chi connectivity index (χ4n) is 2.17. The van der Waals surface area contributed by atoms with Gasteiger partial charge in [0.15, 0.2) is 0 Å². The van der Waals surface area contributed by atoms with Crippen LogP contribution in [0.25, 0.3) is 0 Å². The Kier molecular flexibility index (Phi) is 6.42. The number of rotatable bonds is 6. The Bertz CT molecular complexity index is 200. The van der Waals surface area contributed by atoms with E-state index in [1.165, 1.54) is 0 Å². The zero-order chi connectivity index (χ0) is 11.8. The van der Waals surface area contributed by atoms with E-state index in [0.717, 1.165) is 51.5 Å². The summed E-state index contributed by atoms with van der Waals surface area (Å²) in [6.45, 7) is 0.724. The molecule has 1 amide bonds. The molecular weight excluding hydrogens is 202 g/mol. The van der Waals surface area contributed by atoms with E-state index < -0.39 is 0 Å². The lowest BCUT2D eigenvalue weighted by atomic mass is 9.92. The van der Waals surface area contributed by atoms with E-state index in [0.29, 0.717) is 18.5 Å². The van der Waals surface area contributed by atoms with Gasteiger partial charge in [-0.25, -0.2) is 0 Å². The van der Waals surface area contributed by atoms with Gasteiger partial charge < -0.3 is 16.8 Å². The molecule has 0 radical (unpaired) electrons. The average Bonchev–Trinajstić information content (AvgIpc) is 2.28. The average molecular weight is 227 g/mol. The lowest BCUT2D eigenvalue weighted by molar-refractivity contribution is -0.122. The third-order valence-electron chi connectivity index (χ3n) is 3.24. The first-order valence-electron chi connectivity index (χ1n) is 6.47. The highest BCUT2D eigenvalue weighted by molar-refractivity contribution is 5.76. The summed E-state index contributed by atoms with van der Waals surface area (Å²) < 4.78 is 0. The van der Waals surface area contributed by atoms with Gasteiger partial charge in [-0.3, -0.25) is 4.79 Å². The van der Waals surface area contributed by atoms with Crippen molar-refractivity contribution < 1.29 is 4.79 Å². The standard InChI is InChI=1S/C12H25N3O/c13-9-3-1-2-4-12(16)15-11-7-5-10(14)6-8-11/h10-11H,1-9,13-14H2,(H,15,16). The summed E-state index contributed by atoms with van der Waals surface area (Å²) in [7, 11) is 0. The Morgan fingerprint density at radius 3 is 2.44 bits per heavy atom. The van der Waals surface area contributed by atoms with E-state index in [4.69, 9.17) is 11.5 Å². The molecule has 0 aliphatic heterocycles. The molecule has 0 saturated heterocycles. The highest BCUT2D eigenvalue weighted by Crippen LogP contribution is 2.17. The van der Waals surface area contributed by atoms with Crippen molar-refractivity contribution in [2.75, 3.05) is 6.54 Å². The van der Waals surface area contributed by atoms with Crippen LogP contribution in [0.15, 0.2) is 0 Å². The van der Waals surface area contributed by atoms with Crippen LogP contribution in [0.4, 0.5) is 0 Å². The van der Waals surface area contributed by atoms with Crippen LogP contribution in [0.1, 0.15) is 51.4 Å². The molecule has 1 rings (SSSR count). The lowest BCUT2D eigenvalue weighted by Gasteiger charge is -2.26. The first-order valence-corrected chi connectivity index (χ1v) is 6.47. The van der Waals surface area contributed by atoms with Gasteiger partial charge in [0.2, 0.25) is 5.91 Å². The molecule has 16 heavy (non-hydrogen) atoms. The van der Waals surface area contributed by atoms with Gasteiger partial charge in [-0.1, -0.05) is 6.42 Å². The van der Waals surface area contributed by atoms with E-state index >= 15 is 0 Å². The molecule has 94 valence electrons. The summed E-state index contributed by atoms with van der Waals surface area (Å²) in [6.07, 6.45) is 7.82. The molecule has 0 bridgehead atoms. The predicted octanol–water partition coefficient (Wildman–Crippen LogP) is 0.892. The second kappa shape index (κ2) is 7.63. The maximum atomic E-state index is 11.6. The second-order valence-corrected chi connectivity index (χ2v) is 4.78. The Balaban J connectivity index is 2.05.